The van der Waals surface area contributed by atoms with Gasteiger partial charge in [0.15, 0.2) is 0 Å². The smallest absolute Gasteiger partial charge is 0.322 e. The van der Waals surface area contributed by atoms with E-state index in [2.05, 4.69) is 44.5 Å². The second kappa shape index (κ2) is 11.7. The lowest BCUT2D eigenvalue weighted by Gasteiger charge is -2.35. The van der Waals surface area contributed by atoms with Crippen LogP contribution in [0.1, 0.15) is 30.4 Å². The number of pyridine rings is 1. The molecule has 2 fully saturated rings. The van der Waals surface area contributed by atoms with Crippen molar-refractivity contribution in [2.24, 2.45) is 11.8 Å². The molecule has 4 aliphatic rings. The highest BCUT2D eigenvalue weighted by molar-refractivity contribution is 6.30. The third-order valence-electron chi connectivity index (χ3n) is 8.29. The fraction of sp³-hybridized carbons (Fsp3) is 0.355. The van der Waals surface area contributed by atoms with Gasteiger partial charge in [0.25, 0.3) is 0 Å². The van der Waals surface area contributed by atoms with Crippen molar-refractivity contribution in [3.05, 3.63) is 106 Å². The molecule has 1 N–H and O–H groups in total. The molecule has 0 spiro atoms. The number of likely N-dealkylation sites (tertiary alicyclic amines) is 2. The third-order valence-corrected chi connectivity index (χ3v) is 8.80. The van der Waals surface area contributed by atoms with Gasteiger partial charge in [0.1, 0.15) is 11.0 Å². The van der Waals surface area contributed by atoms with Crippen LogP contribution in [0, 0.1) is 17.7 Å². The summed E-state index contributed by atoms with van der Waals surface area (Å²) in [4.78, 5) is 24.4. The number of carbonyl (C=O) groups is 1. The predicted octanol–water partition coefficient (Wildman–Crippen LogP) is 6.46. The number of nitrogens with zero attached hydrogens (tertiary/aromatic N) is 4. The molecule has 1 aromatic heterocycles. The zero-order valence-electron chi connectivity index (χ0n) is 22.1. The molecule has 0 radical (unpaired) electrons. The number of hydrogen-bond acceptors (Lipinski definition) is 4. The minimum atomic E-state index is -0.417. The Morgan fingerprint density at radius 1 is 1.15 bits per heavy atom. The Balaban J connectivity index is 1.20. The standard InChI is InChI=1S/C31H32Cl2FN5O/c32-26-7-5-21(16-27(26)34)4-3-12-37-15-10-29-25(20-37)24-18-23(38-13-1-2-14-38)6-8-28(24)39(29)31(40)36-19-22-9-11-35-30(33)17-22/h3-11,15-17,24-25,29H,1-2,12-14,18-20H2,(H,36,40)/b4-3+. The second-order valence-electron chi connectivity index (χ2n) is 10.8. The largest absolute Gasteiger partial charge is 0.375 e. The van der Waals surface area contributed by atoms with E-state index < -0.39 is 5.82 Å². The molecule has 2 saturated heterocycles. The van der Waals surface area contributed by atoms with Gasteiger partial charge in [-0.05, 0) is 79.1 Å². The van der Waals surface area contributed by atoms with Crippen LogP contribution < -0.4 is 5.32 Å². The highest BCUT2D eigenvalue weighted by atomic mass is 35.5. The van der Waals surface area contributed by atoms with Crippen LogP contribution in [0.4, 0.5) is 9.18 Å². The molecule has 2 amide bonds. The van der Waals surface area contributed by atoms with E-state index in [0.29, 0.717) is 18.2 Å². The van der Waals surface area contributed by atoms with E-state index in [1.54, 1.807) is 18.3 Å². The molecular formula is C31H32Cl2FN5O. The third kappa shape index (κ3) is 5.63. The Morgan fingerprint density at radius 2 is 2.00 bits per heavy atom. The summed E-state index contributed by atoms with van der Waals surface area (Å²) >= 11 is 11.9. The molecular weight excluding hydrogens is 548 g/mol. The molecule has 40 heavy (non-hydrogen) atoms. The quantitative estimate of drug-likeness (QED) is 0.399. The fourth-order valence-electron chi connectivity index (χ4n) is 6.32. The van der Waals surface area contributed by atoms with Crippen LogP contribution in [-0.2, 0) is 6.54 Å². The van der Waals surface area contributed by atoms with E-state index in [9.17, 15) is 9.18 Å². The van der Waals surface area contributed by atoms with Crippen LogP contribution in [0.15, 0.2) is 78.4 Å². The lowest BCUT2D eigenvalue weighted by molar-refractivity contribution is 0.192. The number of allylic oxidation sites excluding steroid dienone is 4. The van der Waals surface area contributed by atoms with Crippen molar-refractivity contribution in [3.8, 4) is 0 Å². The average Bonchev–Trinajstić information content (AvgIpc) is 3.60. The van der Waals surface area contributed by atoms with Gasteiger partial charge in [0.2, 0.25) is 0 Å². The number of halogens is 3. The molecule has 1 aliphatic carbocycles. The van der Waals surface area contributed by atoms with Gasteiger partial charge in [-0.1, -0.05) is 41.4 Å². The van der Waals surface area contributed by atoms with Gasteiger partial charge in [0, 0.05) is 62.2 Å². The van der Waals surface area contributed by atoms with Gasteiger partial charge in [0.05, 0.1) is 11.1 Å². The summed E-state index contributed by atoms with van der Waals surface area (Å²) in [6.45, 7) is 4.13. The Morgan fingerprint density at radius 3 is 2.80 bits per heavy atom. The monoisotopic (exact) mass is 579 g/mol. The lowest BCUT2D eigenvalue weighted by Crippen LogP contribution is -2.45. The molecule has 6 rings (SSSR count). The van der Waals surface area contributed by atoms with Crippen LogP contribution in [-0.4, -0.2) is 57.9 Å². The molecule has 6 nitrogen and oxygen atoms in total. The van der Waals surface area contributed by atoms with Gasteiger partial charge in [-0.25, -0.2) is 14.2 Å². The number of hydrogen-bond donors (Lipinski definition) is 1. The van der Waals surface area contributed by atoms with Crippen molar-refractivity contribution in [1.29, 1.82) is 0 Å². The van der Waals surface area contributed by atoms with Gasteiger partial charge in [-0.2, -0.15) is 0 Å². The van der Waals surface area contributed by atoms with Crippen LogP contribution in [0.25, 0.3) is 6.08 Å². The molecule has 3 aliphatic heterocycles. The number of carbonyl (C=O) groups excluding carboxylic acids is 1. The Hall–Kier alpha value is -3.29. The van der Waals surface area contributed by atoms with Crippen molar-refractivity contribution in [3.63, 3.8) is 0 Å². The van der Waals surface area contributed by atoms with E-state index in [1.165, 1.54) is 24.6 Å². The summed E-state index contributed by atoms with van der Waals surface area (Å²) in [5.74, 6) is 0.109. The summed E-state index contributed by atoms with van der Waals surface area (Å²) in [7, 11) is 0. The SMILES string of the molecule is O=C(NCc1ccnc(Cl)c1)N1C2=CC=C(N3CCCC3)CC2C2CN(C/C=C/c3ccc(Cl)c(F)c3)C=CC21. The zero-order valence-corrected chi connectivity index (χ0v) is 23.7. The molecule has 3 atom stereocenters. The number of amides is 2. The van der Waals surface area contributed by atoms with E-state index in [-0.39, 0.29) is 28.9 Å². The van der Waals surface area contributed by atoms with Gasteiger partial charge in [-0.3, -0.25) is 4.90 Å². The van der Waals surface area contributed by atoms with E-state index in [4.69, 9.17) is 23.2 Å². The minimum Gasteiger partial charge on any atom is -0.375 e. The predicted molar refractivity (Wildman–Crippen MR) is 157 cm³/mol. The summed E-state index contributed by atoms with van der Waals surface area (Å²) in [6.07, 6.45) is 17.6. The summed E-state index contributed by atoms with van der Waals surface area (Å²) in [6, 6.07) is 8.34. The summed E-state index contributed by atoms with van der Waals surface area (Å²) < 4.78 is 13.8. The number of nitrogens with one attached hydrogen (secondary N) is 1. The van der Waals surface area contributed by atoms with Crippen LogP contribution >= 0.6 is 23.2 Å². The first-order valence-corrected chi connectivity index (χ1v) is 14.6. The minimum absolute atomic E-state index is 0.0193. The molecule has 0 saturated carbocycles. The Labute approximate surface area is 244 Å². The zero-order chi connectivity index (χ0) is 27.6. The number of aromatic nitrogens is 1. The Kier molecular flexibility index (Phi) is 7.85. The highest BCUT2D eigenvalue weighted by Crippen LogP contribution is 2.47. The molecule has 2 aromatic rings. The number of fused-ring (bicyclic) bond motifs is 3. The second-order valence-corrected chi connectivity index (χ2v) is 11.6. The molecule has 4 heterocycles. The number of urea groups is 1. The Bertz CT molecular complexity index is 1400. The molecule has 208 valence electrons. The topological polar surface area (TPSA) is 51.7 Å². The maximum atomic E-state index is 13.8. The first kappa shape index (κ1) is 26.9. The summed E-state index contributed by atoms with van der Waals surface area (Å²) in [5, 5.41) is 3.64. The number of rotatable bonds is 6. The van der Waals surface area contributed by atoms with Gasteiger partial charge < -0.3 is 15.1 Å². The normalized spacial score (nSPS) is 23.8. The summed E-state index contributed by atoms with van der Waals surface area (Å²) in [5.41, 5.74) is 4.15. The van der Waals surface area contributed by atoms with Crippen molar-refractivity contribution in [2.75, 3.05) is 26.2 Å². The van der Waals surface area contributed by atoms with Crippen molar-refractivity contribution in [1.82, 2.24) is 25.0 Å². The van der Waals surface area contributed by atoms with Gasteiger partial charge in [-0.15, -0.1) is 0 Å². The van der Waals surface area contributed by atoms with Gasteiger partial charge >= 0.3 is 6.03 Å². The van der Waals surface area contributed by atoms with Crippen LogP contribution in [0.3, 0.4) is 0 Å². The molecule has 0 bridgehead atoms. The molecule has 1 aromatic carbocycles. The molecule has 3 unspecified atom stereocenters. The van der Waals surface area contributed by atoms with Crippen LogP contribution in [0.5, 0.6) is 0 Å². The highest BCUT2D eigenvalue weighted by Gasteiger charge is 2.49. The maximum Gasteiger partial charge on any atom is 0.322 e. The average molecular weight is 581 g/mol. The van der Waals surface area contributed by atoms with Crippen molar-refractivity contribution < 1.29 is 9.18 Å². The number of benzene rings is 1. The van der Waals surface area contributed by atoms with Crippen molar-refractivity contribution >= 4 is 35.3 Å². The van der Waals surface area contributed by atoms with Crippen LogP contribution in [0.2, 0.25) is 10.2 Å². The fourth-order valence-corrected chi connectivity index (χ4v) is 6.64. The maximum absolute atomic E-state index is 13.8. The van der Waals surface area contributed by atoms with E-state index in [0.717, 1.165) is 42.9 Å². The van der Waals surface area contributed by atoms with E-state index >= 15 is 0 Å². The first-order chi connectivity index (χ1) is 19.5. The molecule has 9 heteroatoms. The lowest BCUT2D eigenvalue weighted by atomic mass is 9.82. The van der Waals surface area contributed by atoms with E-state index in [1.807, 2.05) is 29.2 Å². The first-order valence-electron chi connectivity index (χ1n) is 13.8. The van der Waals surface area contributed by atoms with Crippen molar-refractivity contribution in [2.45, 2.75) is 31.8 Å².